The standard InChI is InChI=1S/C22H29NO2/c1-25-19-6-4-18(5-7-19)21-11-16-10-17(12-21)14-22(13-16,15-21)20(24)23-8-2-3-9-23/h4-7,16-17H,2-3,8-15H2,1H3. The van der Waals surface area contributed by atoms with Crippen LogP contribution in [0.2, 0.25) is 0 Å². The van der Waals surface area contributed by atoms with Crippen LogP contribution in [0.3, 0.4) is 0 Å². The number of nitrogens with zero attached hydrogens (tertiary/aromatic N) is 1. The summed E-state index contributed by atoms with van der Waals surface area (Å²) in [6.07, 6.45) is 9.68. The van der Waals surface area contributed by atoms with Gasteiger partial charge in [0.25, 0.3) is 0 Å². The molecule has 1 heterocycles. The van der Waals surface area contributed by atoms with Gasteiger partial charge in [-0.15, -0.1) is 0 Å². The molecule has 6 rings (SSSR count). The summed E-state index contributed by atoms with van der Waals surface area (Å²) in [6, 6.07) is 8.73. The summed E-state index contributed by atoms with van der Waals surface area (Å²) < 4.78 is 5.35. The maximum atomic E-state index is 13.5. The van der Waals surface area contributed by atoms with Gasteiger partial charge in [-0.2, -0.15) is 0 Å². The van der Waals surface area contributed by atoms with E-state index in [1.165, 1.54) is 37.7 Å². The van der Waals surface area contributed by atoms with Gasteiger partial charge in [0, 0.05) is 13.1 Å². The fraction of sp³-hybridized carbons (Fsp3) is 0.682. The van der Waals surface area contributed by atoms with Crippen LogP contribution >= 0.6 is 0 Å². The maximum absolute atomic E-state index is 13.5. The summed E-state index contributed by atoms with van der Waals surface area (Å²) in [6.45, 7) is 1.98. The molecule has 4 aliphatic carbocycles. The van der Waals surface area contributed by atoms with Crippen LogP contribution in [0.1, 0.15) is 56.9 Å². The maximum Gasteiger partial charge on any atom is 0.228 e. The lowest BCUT2D eigenvalue weighted by atomic mass is 9.42. The van der Waals surface area contributed by atoms with Gasteiger partial charge in [0.2, 0.25) is 5.91 Å². The third-order valence-corrected chi connectivity index (χ3v) is 7.61. The summed E-state index contributed by atoms with van der Waals surface area (Å²) in [4.78, 5) is 15.7. The number of hydrogen-bond donors (Lipinski definition) is 0. The highest BCUT2D eigenvalue weighted by Crippen LogP contribution is 2.66. The van der Waals surface area contributed by atoms with Crippen LogP contribution in [0, 0.1) is 17.3 Å². The van der Waals surface area contributed by atoms with Gasteiger partial charge >= 0.3 is 0 Å². The first-order chi connectivity index (χ1) is 12.1. The van der Waals surface area contributed by atoms with Crippen LogP contribution in [0.15, 0.2) is 24.3 Å². The number of ether oxygens (including phenoxy) is 1. The molecule has 1 amide bonds. The Balaban J connectivity index is 1.50. The Morgan fingerprint density at radius 1 is 1.04 bits per heavy atom. The summed E-state index contributed by atoms with van der Waals surface area (Å²) in [5.41, 5.74) is 1.61. The number of methoxy groups -OCH3 is 1. The van der Waals surface area contributed by atoms with Gasteiger partial charge in [0.15, 0.2) is 0 Å². The van der Waals surface area contributed by atoms with E-state index in [2.05, 4.69) is 29.2 Å². The minimum absolute atomic E-state index is 0.0612. The van der Waals surface area contributed by atoms with E-state index in [4.69, 9.17) is 4.74 Å². The van der Waals surface area contributed by atoms with Gasteiger partial charge in [-0.3, -0.25) is 4.79 Å². The van der Waals surface area contributed by atoms with Gasteiger partial charge < -0.3 is 9.64 Å². The highest BCUT2D eigenvalue weighted by molar-refractivity contribution is 5.84. The zero-order chi connectivity index (χ0) is 17.1. The van der Waals surface area contributed by atoms with Crippen LogP contribution in [0.25, 0.3) is 0 Å². The Morgan fingerprint density at radius 2 is 1.68 bits per heavy atom. The van der Waals surface area contributed by atoms with Gasteiger partial charge in [0.1, 0.15) is 5.75 Å². The predicted molar refractivity (Wildman–Crippen MR) is 97.6 cm³/mol. The molecule has 0 radical (unpaired) electrons. The first-order valence-corrected chi connectivity index (χ1v) is 10.1. The van der Waals surface area contributed by atoms with Crippen LogP contribution in [0.4, 0.5) is 0 Å². The van der Waals surface area contributed by atoms with E-state index in [1.807, 2.05) is 0 Å². The van der Waals surface area contributed by atoms with E-state index in [-0.39, 0.29) is 10.8 Å². The predicted octanol–water partition coefficient (Wildman–Crippen LogP) is 4.16. The number of rotatable bonds is 3. The molecule has 1 aromatic carbocycles. The van der Waals surface area contributed by atoms with Crippen molar-refractivity contribution in [2.75, 3.05) is 20.2 Å². The van der Waals surface area contributed by atoms with Crippen LogP contribution in [0.5, 0.6) is 5.75 Å². The molecule has 134 valence electrons. The minimum Gasteiger partial charge on any atom is -0.497 e. The van der Waals surface area contributed by atoms with Crippen molar-refractivity contribution in [3.8, 4) is 5.75 Å². The Bertz CT molecular complexity index is 660. The van der Waals surface area contributed by atoms with Crippen LogP contribution in [-0.4, -0.2) is 31.0 Å². The Morgan fingerprint density at radius 3 is 2.28 bits per heavy atom. The molecule has 1 aliphatic heterocycles. The molecule has 4 saturated carbocycles. The zero-order valence-electron chi connectivity index (χ0n) is 15.3. The lowest BCUT2D eigenvalue weighted by molar-refractivity contribution is -0.159. The van der Waals surface area contributed by atoms with E-state index in [9.17, 15) is 4.79 Å². The van der Waals surface area contributed by atoms with Gasteiger partial charge in [0.05, 0.1) is 12.5 Å². The molecule has 1 aromatic rings. The third kappa shape index (κ3) is 2.34. The van der Waals surface area contributed by atoms with Gasteiger partial charge in [-0.1, -0.05) is 12.1 Å². The number of carbonyl (C=O) groups excluding carboxylic acids is 1. The number of hydrogen-bond acceptors (Lipinski definition) is 2. The smallest absolute Gasteiger partial charge is 0.228 e. The molecule has 3 heteroatoms. The molecule has 0 N–H and O–H groups in total. The SMILES string of the molecule is COc1ccc(C23CC4CC(CC(C(=O)N5CCCC5)(C4)C2)C3)cc1. The molecular formula is C22H29NO2. The number of amides is 1. The molecule has 2 unspecified atom stereocenters. The van der Waals surface area contributed by atoms with E-state index in [0.717, 1.165) is 49.9 Å². The van der Waals surface area contributed by atoms with Crippen LogP contribution in [-0.2, 0) is 10.2 Å². The van der Waals surface area contributed by atoms with Crippen molar-refractivity contribution in [2.45, 2.75) is 56.8 Å². The fourth-order valence-electron chi connectivity index (χ4n) is 7.05. The molecule has 25 heavy (non-hydrogen) atoms. The molecule has 0 aromatic heterocycles. The van der Waals surface area contributed by atoms with E-state index < -0.39 is 0 Å². The van der Waals surface area contributed by atoms with E-state index >= 15 is 0 Å². The highest BCUT2D eigenvalue weighted by atomic mass is 16.5. The number of likely N-dealkylation sites (tertiary alicyclic amines) is 1. The lowest BCUT2D eigenvalue weighted by Gasteiger charge is -2.62. The van der Waals surface area contributed by atoms with Crippen molar-refractivity contribution in [2.24, 2.45) is 17.3 Å². The molecule has 4 bridgehead atoms. The first kappa shape index (κ1) is 15.7. The lowest BCUT2D eigenvalue weighted by Crippen LogP contribution is -2.59. The Hall–Kier alpha value is -1.51. The fourth-order valence-corrected chi connectivity index (χ4v) is 7.05. The second-order valence-electron chi connectivity index (χ2n) is 9.25. The first-order valence-electron chi connectivity index (χ1n) is 10.1. The van der Waals surface area contributed by atoms with Crippen molar-refractivity contribution in [1.82, 2.24) is 4.90 Å². The molecule has 2 atom stereocenters. The Labute approximate surface area is 150 Å². The third-order valence-electron chi connectivity index (χ3n) is 7.61. The van der Waals surface area contributed by atoms with Crippen molar-refractivity contribution < 1.29 is 9.53 Å². The van der Waals surface area contributed by atoms with E-state index in [0.29, 0.717) is 5.91 Å². The summed E-state index contributed by atoms with van der Waals surface area (Å²) >= 11 is 0. The molecule has 3 nitrogen and oxygen atoms in total. The average molecular weight is 339 g/mol. The molecule has 5 aliphatic rings. The molecular weight excluding hydrogens is 310 g/mol. The minimum atomic E-state index is -0.0612. The average Bonchev–Trinajstić information content (AvgIpc) is 3.14. The van der Waals surface area contributed by atoms with Crippen molar-refractivity contribution in [3.63, 3.8) is 0 Å². The second kappa shape index (κ2) is 5.49. The Kier molecular flexibility index (Phi) is 3.45. The van der Waals surface area contributed by atoms with E-state index in [1.54, 1.807) is 7.11 Å². The normalized spacial score (nSPS) is 39.0. The largest absolute Gasteiger partial charge is 0.497 e. The van der Waals surface area contributed by atoms with Crippen LogP contribution < -0.4 is 4.74 Å². The number of carbonyl (C=O) groups is 1. The topological polar surface area (TPSA) is 29.5 Å². The zero-order valence-corrected chi connectivity index (χ0v) is 15.3. The molecule has 1 saturated heterocycles. The van der Waals surface area contributed by atoms with Crippen molar-refractivity contribution in [3.05, 3.63) is 29.8 Å². The van der Waals surface area contributed by atoms with Gasteiger partial charge in [-0.25, -0.2) is 0 Å². The second-order valence-corrected chi connectivity index (χ2v) is 9.25. The summed E-state index contributed by atoms with van der Waals surface area (Å²) in [5.74, 6) is 2.91. The molecule has 0 spiro atoms. The molecule has 5 fully saturated rings. The van der Waals surface area contributed by atoms with Gasteiger partial charge in [-0.05, 0) is 86.3 Å². The number of benzene rings is 1. The van der Waals surface area contributed by atoms with Crippen molar-refractivity contribution in [1.29, 1.82) is 0 Å². The highest BCUT2D eigenvalue weighted by Gasteiger charge is 2.61. The summed E-state index contributed by atoms with van der Waals surface area (Å²) in [7, 11) is 1.73. The summed E-state index contributed by atoms with van der Waals surface area (Å²) in [5, 5.41) is 0. The van der Waals surface area contributed by atoms with Crippen molar-refractivity contribution >= 4 is 5.91 Å². The quantitative estimate of drug-likeness (QED) is 0.828. The monoisotopic (exact) mass is 339 g/mol.